The predicted molar refractivity (Wildman–Crippen MR) is 98.3 cm³/mol. The Bertz CT molecular complexity index is 457. The first-order valence-corrected chi connectivity index (χ1v) is 9.65. The lowest BCUT2D eigenvalue weighted by Gasteiger charge is -2.42. The number of likely N-dealkylation sites (N-methyl/N-ethyl adjacent to an activating group) is 1. The Morgan fingerprint density at radius 1 is 1.28 bits per heavy atom. The third-order valence-electron chi connectivity index (χ3n) is 5.34. The van der Waals surface area contributed by atoms with E-state index >= 15 is 0 Å². The van der Waals surface area contributed by atoms with Gasteiger partial charge in [-0.3, -0.25) is 9.59 Å². The van der Waals surface area contributed by atoms with Crippen molar-refractivity contribution < 1.29 is 14.3 Å². The maximum Gasteiger partial charge on any atom is 0.225 e. The summed E-state index contributed by atoms with van der Waals surface area (Å²) in [5.41, 5.74) is -0.271. The van der Waals surface area contributed by atoms with Gasteiger partial charge in [-0.15, -0.1) is 0 Å². The third-order valence-corrected chi connectivity index (χ3v) is 5.34. The largest absolute Gasteiger partial charge is 0.372 e. The van der Waals surface area contributed by atoms with Crippen LogP contribution in [0.2, 0.25) is 0 Å². The molecule has 2 saturated heterocycles. The summed E-state index contributed by atoms with van der Waals surface area (Å²) in [7, 11) is 4.05. The number of hydrogen-bond acceptors (Lipinski definition) is 4. The molecule has 2 amide bonds. The summed E-state index contributed by atoms with van der Waals surface area (Å²) < 4.78 is 6.15. The van der Waals surface area contributed by atoms with Gasteiger partial charge in [0, 0.05) is 39.1 Å². The summed E-state index contributed by atoms with van der Waals surface area (Å²) in [5, 5.41) is 0. The topological polar surface area (TPSA) is 53.1 Å². The van der Waals surface area contributed by atoms with E-state index in [1.165, 1.54) is 0 Å². The standard InChI is InChI=1S/C19H35N3O3/c1-16(2)5-6-17(23)21-10-8-19(9-11-21)15-22(13-12-20(3)4)18(24)7-14-25-19/h16H,5-15H2,1-4H3. The lowest BCUT2D eigenvalue weighted by atomic mass is 9.90. The van der Waals surface area contributed by atoms with Crippen LogP contribution in [0.4, 0.5) is 0 Å². The molecule has 0 atom stereocenters. The first-order chi connectivity index (χ1) is 11.8. The smallest absolute Gasteiger partial charge is 0.225 e. The van der Waals surface area contributed by atoms with E-state index in [1.54, 1.807) is 0 Å². The van der Waals surface area contributed by atoms with Crippen molar-refractivity contribution in [1.82, 2.24) is 14.7 Å². The minimum atomic E-state index is -0.271. The van der Waals surface area contributed by atoms with Gasteiger partial charge in [-0.1, -0.05) is 13.8 Å². The van der Waals surface area contributed by atoms with Gasteiger partial charge in [-0.05, 0) is 39.3 Å². The molecule has 0 aliphatic carbocycles. The van der Waals surface area contributed by atoms with Crippen LogP contribution in [-0.4, -0.2) is 85.5 Å². The number of piperidine rings is 1. The Morgan fingerprint density at radius 3 is 2.56 bits per heavy atom. The van der Waals surface area contributed by atoms with Gasteiger partial charge in [0.15, 0.2) is 0 Å². The molecule has 0 unspecified atom stereocenters. The molecule has 2 aliphatic heterocycles. The Kier molecular flexibility index (Phi) is 7.25. The molecule has 2 rings (SSSR count). The van der Waals surface area contributed by atoms with E-state index in [0.29, 0.717) is 31.9 Å². The molecular formula is C19H35N3O3. The molecule has 0 radical (unpaired) electrons. The maximum atomic E-state index is 12.4. The summed E-state index contributed by atoms with van der Waals surface area (Å²) in [4.78, 5) is 30.7. The van der Waals surface area contributed by atoms with E-state index in [9.17, 15) is 9.59 Å². The zero-order chi connectivity index (χ0) is 18.4. The molecule has 2 fully saturated rings. The van der Waals surface area contributed by atoms with Gasteiger partial charge in [0.1, 0.15) is 0 Å². The molecule has 25 heavy (non-hydrogen) atoms. The van der Waals surface area contributed by atoms with Crippen molar-refractivity contribution in [2.75, 3.05) is 53.4 Å². The van der Waals surface area contributed by atoms with Crippen molar-refractivity contribution in [3.63, 3.8) is 0 Å². The van der Waals surface area contributed by atoms with E-state index in [0.717, 1.165) is 45.4 Å². The van der Waals surface area contributed by atoms with Crippen LogP contribution in [-0.2, 0) is 14.3 Å². The molecule has 144 valence electrons. The normalized spacial score (nSPS) is 21.3. The van der Waals surface area contributed by atoms with Crippen LogP contribution in [0.15, 0.2) is 0 Å². The minimum Gasteiger partial charge on any atom is -0.372 e. The van der Waals surface area contributed by atoms with E-state index in [-0.39, 0.29) is 17.4 Å². The second-order valence-corrected chi connectivity index (χ2v) is 8.21. The van der Waals surface area contributed by atoms with Crippen molar-refractivity contribution in [3.05, 3.63) is 0 Å². The summed E-state index contributed by atoms with van der Waals surface area (Å²) in [5.74, 6) is 1.01. The number of rotatable bonds is 6. The number of hydrogen-bond donors (Lipinski definition) is 0. The highest BCUT2D eigenvalue weighted by molar-refractivity contribution is 5.77. The lowest BCUT2D eigenvalue weighted by Crippen LogP contribution is -2.53. The predicted octanol–water partition coefficient (Wildman–Crippen LogP) is 1.59. The number of carbonyl (C=O) groups excluding carboxylic acids is 2. The molecule has 0 aromatic rings. The number of amides is 2. The Balaban J connectivity index is 1.91. The van der Waals surface area contributed by atoms with Crippen molar-refractivity contribution >= 4 is 11.8 Å². The SMILES string of the molecule is CC(C)CCC(=O)N1CCC2(CC1)CN(CCN(C)C)C(=O)CCO2. The van der Waals surface area contributed by atoms with E-state index in [2.05, 4.69) is 18.7 Å². The van der Waals surface area contributed by atoms with Crippen molar-refractivity contribution in [1.29, 1.82) is 0 Å². The van der Waals surface area contributed by atoms with Crippen LogP contribution in [0, 0.1) is 5.92 Å². The first-order valence-electron chi connectivity index (χ1n) is 9.65. The quantitative estimate of drug-likeness (QED) is 0.728. The fraction of sp³-hybridized carbons (Fsp3) is 0.895. The van der Waals surface area contributed by atoms with Crippen LogP contribution in [0.1, 0.15) is 46.0 Å². The summed E-state index contributed by atoms with van der Waals surface area (Å²) >= 11 is 0. The molecule has 0 aromatic heterocycles. The van der Waals surface area contributed by atoms with E-state index in [1.807, 2.05) is 23.9 Å². The van der Waals surface area contributed by atoms with Crippen molar-refractivity contribution in [2.45, 2.75) is 51.6 Å². The van der Waals surface area contributed by atoms with Crippen LogP contribution in [0.25, 0.3) is 0 Å². The fourth-order valence-corrected chi connectivity index (χ4v) is 3.56. The molecule has 0 aromatic carbocycles. The average molecular weight is 354 g/mol. The summed E-state index contributed by atoms with van der Waals surface area (Å²) in [6, 6.07) is 0. The van der Waals surface area contributed by atoms with Crippen LogP contribution in [0.5, 0.6) is 0 Å². The van der Waals surface area contributed by atoms with E-state index < -0.39 is 0 Å². The van der Waals surface area contributed by atoms with Crippen LogP contribution < -0.4 is 0 Å². The summed E-state index contributed by atoms with van der Waals surface area (Å²) in [6.07, 6.45) is 3.70. The maximum absolute atomic E-state index is 12.4. The minimum absolute atomic E-state index is 0.189. The highest BCUT2D eigenvalue weighted by Gasteiger charge is 2.41. The van der Waals surface area contributed by atoms with Crippen LogP contribution in [0.3, 0.4) is 0 Å². The van der Waals surface area contributed by atoms with Crippen LogP contribution >= 0.6 is 0 Å². The molecule has 0 saturated carbocycles. The molecule has 0 bridgehead atoms. The molecule has 2 aliphatic rings. The Hall–Kier alpha value is -1.14. The third kappa shape index (κ3) is 5.96. The molecular weight excluding hydrogens is 318 g/mol. The number of ether oxygens (including phenoxy) is 1. The van der Waals surface area contributed by atoms with Gasteiger partial charge >= 0.3 is 0 Å². The molecule has 2 heterocycles. The van der Waals surface area contributed by atoms with Gasteiger partial charge in [0.25, 0.3) is 0 Å². The van der Waals surface area contributed by atoms with Gasteiger partial charge < -0.3 is 19.4 Å². The fourth-order valence-electron chi connectivity index (χ4n) is 3.56. The second-order valence-electron chi connectivity index (χ2n) is 8.21. The van der Waals surface area contributed by atoms with Gasteiger partial charge in [0.05, 0.1) is 18.6 Å². The monoisotopic (exact) mass is 353 g/mol. The molecule has 6 heteroatoms. The molecule has 1 spiro atoms. The summed E-state index contributed by atoms with van der Waals surface area (Å²) in [6.45, 7) is 8.55. The van der Waals surface area contributed by atoms with Gasteiger partial charge in [-0.25, -0.2) is 0 Å². The number of nitrogens with zero attached hydrogens (tertiary/aromatic N) is 3. The number of carbonyl (C=O) groups is 2. The Morgan fingerprint density at radius 2 is 1.96 bits per heavy atom. The second kappa shape index (κ2) is 8.99. The van der Waals surface area contributed by atoms with Crippen molar-refractivity contribution in [3.8, 4) is 0 Å². The van der Waals surface area contributed by atoms with E-state index in [4.69, 9.17) is 4.74 Å². The van der Waals surface area contributed by atoms with Crippen molar-refractivity contribution in [2.24, 2.45) is 5.92 Å². The zero-order valence-corrected chi connectivity index (χ0v) is 16.4. The first kappa shape index (κ1) is 20.2. The Labute approximate surface area is 152 Å². The highest BCUT2D eigenvalue weighted by atomic mass is 16.5. The lowest BCUT2D eigenvalue weighted by molar-refractivity contribution is -0.140. The highest BCUT2D eigenvalue weighted by Crippen LogP contribution is 2.30. The average Bonchev–Trinajstić information content (AvgIpc) is 2.71. The number of likely N-dealkylation sites (tertiary alicyclic amines) is 1. The van der Waals surface area contributed by atoms with Gasteiger partial charge in [-0.2, -0.15) is 0 Å². The molecule has 6 nitrogen and oxygen atoms in total. The zero-order valence-electron chi connectivity index (χ0n) is 16.4. The van der Waals surface area contributed by atoms with Gasteiger partial charge in [0.2, 0.25) is 11.8 Å². The molecule has 0 N–H and O–H groups in total.